The summed E-state index contributed by atoms with van der Waals surface area (Å²) in [4.78, 5) is 0. The molecule has 1 nitrogen and oxygen atoms in total. The number of hydrogen-bond acceptors (Lipinski definition) is 1. The Bertz CT molecular complexity index is 436. The first kappa shape index (κ1) is 12.3. The maximum absolute atomic E-state index is 14.0. The van der Waals surface area contributed by atoms with Gasteiger partial charge in [-0.3, -0.25) is 0 Å². The number of rotatable bonds is 3. The topological polar surface area (TPSA) is 9.23 Å². The van der Waals surface area contributed by atoms with Gasteiger partial charge in [0.25, 0.3) is 0 Å². The van der Waals surface area contributed by atoms with Gasteiger partial charge >= 0.3 is 0 Å². The molecule has 3 atom stereocenters. The van der Waals surface area contributed by atoms with Crippen LogP contribution < -0.4 is 4.74 Å². The molecular weight excluding hydrogens is 251 g/mol. The van der Waals surface area contributed by atoms with E-state index >= 15 is 0 Å². The predicted molar refractivity (Wildman–Crippen MR) is 70.5 cm³/mol. The molecule has 0 radical (unpaired) electrons. The Kier molecular flexibility index (Phi) is 3.23. The van der Waals surface area contributed by atoms with Crippen molar-refractivity contribution in [1.29, 1.82) is 0 Å². The Morgan fingerprint density at radius 2 is 1.94 bits per heavy atom. The van der Waals surface area contributed by atoms with Crippen molar-refractivity contribution in [2.75, 3.05) is 7.11 Å². The second kappa shape index (κ2) is 4.73. The van der Waals surface area contributed by atoms with Crippen LogP contribution in [0, 0.1) is 23.6 Å². The van der Waals surface area contributed by atoms with Crippen LogP contribution >= 0.6 is 11.6 Å². The molecule has 0 bridgehead atoms. The fourth-order valence-electron chi connectivity index (χ4n) is 3.55. The minimum absolute atomic E-state index is 0.177. The van der Waals surface area contributed by atoms with Gasteiger partial charge < -0.3 is 4.74 Å². The van der Waals surface area contributed by atoms with Crippen LogP contribution in [0.15, 0.2) is 18.2 Å². The van der Waals surface area contributed by atoms with Gasteiger partial charge in [0, 0.05) is 11.6 Å². The standard InChI is InChI=1S/C15H18ClFO/c1-18-9-6-7-12(13(17)8-9)15(16)14-10-4-2-3-5-11(10)14/h6-8,10-11,14-15H,2-5H2,1H3. The summed E-state index contributed by atoms with van der Waals surface area (Å²) in [6, 6.07) is 4.99. The largest absolute Gasteiger partial charge is 0.497 e. The smallest absolute Gasteiger partial charge is 0.131 e. The van der Waals surface area contributed by atoms with E-state index in [0.29, 0.717) is 17.2 Å². The van der Waals surface area contributed by atoms with Gasteiger partial charge in [0.1, 0.15) is 11.6 Å². The third kappa shape index (κ3) is 2.01. The molecule has 3 rings (SSSR count). The molecule has 2 aliphatic carbocycles. The van der Waals surface area contributed by atoms with Crippen molar-refractivity contribution < 1.29 is 9.13 Å². The molecule has 2 aliphatic rings. The Morgan fingerprint density at radius 3 is 2.50 bits per heavy atom. The zero-order valence-electron chi connectivity index (χ0n) is 10.5. The van der Waals surface area contributed by atoms with E-state index in [2.05, 4.69) is 0 Å². The average molecular weight is 269 g/mol. The minimum Gasteiger partial charge on any atom is -0.497 e. The Labute approximate surface area is 112 Å². The second-order valence-electron chi connectivity index (χ2n) is 5.48. The van der Waals surface area contributed by atoms with Crippen LogP contribution in [0.4, 0.5) is 4.39 Å². The van der Waals surface area contributed by atoms with Crippen LogP contribution in [0.25, 0.3) is 0 Å². The second-order valence-corrected chi connectivity index (χ2v) is 5.95. The first-order valence-electron chi connectivity index (χ1n) is 6.70. The number of methoxy groups -OCH3 is 1. The number of alkyl halides is 1. The summed E-state index contributed by atoms with van der Waals surface area (Å²) in [5, 5.41) is -0.177. The monoisotopic (exact) mass is 268 g/mol. The molecule has 1 aromatic carbocycles. The zero-order chi connectivity index (χ0) is 12.7. The molecule has 2 saturated carbocycles. The molecule has 3 heteroatoms. The first-order valence-corrected chi connectivity index (χ1v) is 7.13. The Hall–Kier alpha value is -0.760. The maximum Gasteiger partial charge on any atom is 0.131 e. The maximum atomic E-state index is 14.0. The molecule has 3 unspecified atom stereocenters. The fraction of sp³-hybridized carbons (Fsp3) is 0.600. The number of halogens is 2. The molecule has 0 saturated heterocycles. The Balaban J connectivity index is 1.78. The highest BCUT2D eigenvalue weighted by atomic mass is 35.5. The van der Waals surface area contributed by atoms with E-state index in [4.69, 9.17) is 16.3 Å². The lowest BCUT2D eigenvalue weighted by Gasteiger charge is -2.11. The summed E-state index contributed by atoms with van der Waals surface area (Å²) in [5.74, 6) is 2.27. The van der Waals surface area contributed by atoms with Crippen LogP contribution in [-0.4, -0.2) is 7.11 Å². The lowest BCUT2D eigenvalue weighted by atomic mass is 10.0. The number of hydrogen-bond donors (Lipinski definition) is 0. The molecule has 0 heterocycles. The molecule has 0 aromatic heterocycles. The van der Waals surface area contributed by atoms with Crippen LogP contribution in [0.3, 0.4) is 0 Å². The van der Waals surface area contributed by atoms with Crippen LogP contribution in [0.5, 0.6) is 5.75 Å². The van der Waals surface area contributed by atoms with Crippen molar-refractivity contribution >= 4 is 11.6 Å². The molecule has 1 aromatic rings. The summed E-state index contributed by atoms with van der Waals surface area (Å²) in [6.07, 6.45) is 5.17. The molecule has 0 aliphatic heterocycles. The zero-order valence-corrected chi connectivity index (χ0v) is 11.3. The Morgan fingerprint density at radius 1 is 1.28 bits per heavy atom. The van der Waals surface area contributed by atoms with E-state index in [-0.39, 0.29) is 11.2 Å². The molecular formula is C15H18ClFO. The van der Waals surface area contributed by atoms with Gasteiger partial charge in [0.15, 0.2) is 0 Å². The minimum atomic E-state index is -0.238. The SMILES string of the molecule is COc1ccc(C(Cl)C2C3CCCCC32)c(F)c1. The van der Waals surface area contributed by atoms with Gasteiger partial charge in [0.2, 0.25) is 0 Å². The van der Waals surface area contributed by atoms with E-state index < -0.39 is 0 Å². The summed E-state index contributed by atoms with van der Waals surface area (Å²) in [5.41, 5.74) is 0.636. The van der Waals surface area contributed by atoms with Gasteiger partial charge in [-0.15, -0.1) is 11.6 Å². The quantitative estimate of drug-likeness (QED) is 0.731. The molecule has 2 fully saturated rings. The average Bonchev–Trinajstić information content (AvgIpc) is 3.12. The van der Waals surface area contributed by atoms with E-state index in [9.17, 15) is 4.39 Å². The van der Waals surface area contributed by atoms with Crippen molar-refractivity contribution in [1.82, 2.24) is 0 Å². The van der Waals surface area contributed by atoms with Crippen molar-refractivity contribution in [3.63, 3.8) is 0 Å². The van der Waals surface area contributed by atoms with Crippen molar-refractivity contribution in [2.45, 2.75) is 31.1 Å². The van der Waals surface area contributed by atoms with Crippen molar-refractivity contribution in [2.24, 2.45) is 17.8 Å². The molecule has 0 spiro atoms. The predicted octanol–water partition coefficient (Wildman–Crippen LogP) is 4.55. The van der Waals surface area contributed by atoms with Crippen LogP contribution in [-0.2, 0) is 0 Å². The normalized spacial score (nSPS) is 31.6. The molecule has 98 valence electrons. The van der Waals surface area contributed by atoms with Gasteiger partial charge in [-0.2, -0.15) is 0 Å². The third-order valence-corrected chi connectivity index (χ3v) is 5.09. The van der Waals surface area contributed by atoms with Crippen LogP contribution in [0.1, 0.15) is 36.6 Å². The summed E-state index contributed by atoms with van der Waals surface area (Å²) >= 11 is 6.50. The van der Waals surface area contributed by atoms with Gasteiger partial charge in [-0.1, -0.05) is 18.9 Å². The number of fused-ring (bicyclic) bond motifs is 1. The third-order valence-electron chi connectivity index (χ3n) is 4.57. The first-order chi connectivity index (χ1) is 8.72. The van der Waals surface area contributed by atoms with Crippen molar-refractivity contribution in [3.05, 3.63) is 29.6 Å². The van der Waals surface area contributed by atoms with E-state index in [0.717, 1.165) is 11.8 Å². The number of ether oxygens (including phenoxy) is 1. The summed E-state index contributed by atoms with van der Waals surface area (Å²) in [6.45, 7) is 0. The van der Waals surface area contributed by atoms with Gasteiger partial charge in [-0.25, -0.2) is 4.39 Å². The van der Waals surface area contributed by atoms with E-state index in [1.807, 2.05) is 0 Å². The lowest BCUT2D eigenvalue weighted by Crippen LogP contribution is -2.00. The summed E-state index contributed by atoms with van der Waals surface area (Å²) < 4.78 is 19.0. The molecule has 0 N–H and O–H groups in total. The highest BCUT2D eigenvalue weighted by Crippen LogP contribution is 2.62. The van der Waals surface area contributed by atoms with Crippen LogP contribution in [0.2, 0.25) is 0 Å². The van der Waals surface area contributed by atoms with E-state index in [1.54, 1.807) is 19.2 Å². The van der Waals surface area contributed by atoms with E-state index in [1.165, 1.54) is 31.7 Å². The highest BCUT2D eigenvalue weighted by Gasteiger charge is 2.54. The highest BCUT2D eigenvalue weighted by molar-refractivity contribution is 6.21. The summed E-state index contributed by atoms with van der Waals surface area (Å²) in [7, 11) is 1.54. The molecule has 0 amide bonds. The number of benzene rings is 1. The van der Waals surface area contributed by atoms with Crippen molar-refractivity contribution in [3.8, 4) is 5.75 Å². The lowest BCUT2D eigenvalue weighted by molar-refractivity contribution is 0.410. The molecule has 18 heavy (non-hydrogen) atoms. The fourth-order valence-corrected chi connectivity index (χ4v) is 4.10. The van der Waals surface area contributed by atoms with Gasteiger partial charge in [0.05, 0.1) is 12.5 Å². The van der Waals surface area contributed by atoms with Gasteiger partial charge in [-0.05, 0) is 36.7 Å².